The number of carboxylic acid groups (broad SMARTS) is 1. The zero-order valence-electron chi connectivity index (χ0n) is 11.8. The van der Waals surface area contributed by atoms with Crippen molar-refractivity contribution in [2.75, 3.05) is 0 Å². The summed E-state index contributed by atoms with van der Waals surface area (Å²) in [5.41, 5.74) is 3.72. The molecule has 0 fully saturated rings. The fourth-order valence-electron chi connectivity index (χ4n) is 2.44. The summed E-state index contributed by atoms with van der Waals surface area (Å²) < 4.78 is 15.2. The van der Waals surface area contributed by atoms with Gasteiger partial charge < -0.3 is 5.11 Å². The molecule has 0 aliphatic heterocycles. The van der Waals surface area contributed by atoms with Gasteiger partial charge in [-0.1, -0.05) is 6.92 Å². The van der Waals surface area contributed by atoms with Crippen LogP contribution in [0.15, 0.2) is 18.2 Å². The Morgan fingerprint density at radius 2 is 2.05 bits per heavy atom. The summed E-state index contributed by atoms with van der Waals surface area (Å²) in [6.07, 6.45) is 0.890. The van der Waals surface area contributed by atoms with Crippen molar-refractivity contribution in [3.8, 4) is 0 Å². The maximum atomic E-state index is 13.4. The first-order valence-electron chi connectivity index (χ1n) is 6.48. The molecule has 0 aliphatic rings. The van der Waals surface area contributed by atoms with E-state index in [1.165, 1.54) is 17.7 Å². The number of hydrogen-bond acceptors (Lipinski definition) is 2. The predicted octanol–water partition coefficient (Wildman–Crippen LogP) is 2.95. The van der Waals surface area contributed by atoms with Gasteiger partial charge in [0.05, 0.1) is 17.8 Å². The number of carboxylic acids is 1. The topological polar surface area (TPSA) is 55.1 Å². The minimum atomic E-state index is -1.13. The van der Waals surface area contributed by atoms with Gasteiger partial charge in [0.25, 0.3) is 0 Å². The van der Waals surface area contributed by atoms with Gasteiger partial charge in [-0.05, 0) is 49.6 Å². The summed E-state index contributed by atoms with van der Waals surface area (Å²) in [4.78, 5) is 10.9. The van der Waals surface area contributed by atoms with Gasteiger partial charge in [-0.3, -0.25) is 4.68 Å². The maximum Gasteiger partial charge on any atom is 0.335 e. The molecular formula is C15H17FN2O2. The highest BCUT2D eigenvalue weighted by Gasteiger charge is 2.12. The number of benzene rings is 1. The second-order valence-electron chi connectivity index (χ2n) is 4.81. The number of nitrogens with zero attached hydrogens (tertiary/aromatic N) is 2. The van der Waals surface area contributed by atoms with Gasteiger partial charge in [0.2, 0.25) is 0 Å². The highest BCUT2D eigenvalue weighted by Crippen LogP contribution is 2.16. The van der Waals surface area contributed by atoms with Crippen molar-refractivity contribution < 1.29 is 14.3 Å². The van der Waals surface area contributed by atoms with Gasteiger partial charge in [0, 0.05) is 5.69 Å². The maximum absolute atomic E-state index is 13.4. The minimum Gasteiger partial charge on any atom is -0.478 e. The first-order chi connectivity index (χ1) is 9.42. The summed E-state index contributed by atoms with van der Waals surface area (Å²) in [6.45, 7) is 6.34. The molecule has 2 aromatic rings. The smallest absolute Gasteiger partial charge is 0.335 e. The molecule has 1 aromatic carbocycles. The molecule has 2 rings (SSSR count). The van der Waals surface area contributed by atoms with Crippen molar-refractivity contribution in [3.63, 3.8) is 0 Å². The van der Waals surface area contributed by atoms with Crippen molar-refractivity contribution in [1.29, 1.82) is 0 Å². The van der Waals surface area contributed by atoms with Gasteiger partial charge in [0.1, 0.15) is 5.82 Å². The fourth-order valence-corrected chi connectivity index (χ4v) is 2.44. The van der Waals surface area contributed by atoms with Crippen LogP contribution in [0.4, 0.5) is 4.39 Å². The second kappa shape index (κ2) is 5.45. The SMILES string of the molecule is CCc1c(C)nn(Cc2cc(F)cc(C(=O)O)c2)c1C. The summed E-state index contributed by atoms with van der Waals surface area (Å²) in [5.74, 6) is -1.68. The number of aryl methyl sites for hydroxylation is 1. The lowest BCUT2D eigenvalue weighted by molar-refractivity contribution is 0.0696. The van der Waals surface area contributed by atoms with E-state index >= 15 is 0 Å². The third-order valence-corrected chi connectivity index (χ3v) is 3.42. The van der Waals surface area contributed by atoms with E-state index in [4.69, 9.17) is 5.11 Å². The molecule has 0 saturated carbocycles. The Morgan fingerprint density at radius 1 is 1.35 bits per heavy atom. The molecule has 0 bridgehead atoms. The van der Waals surface area contributed by atoms with Crippen LogP contribution in [0.2, 0.25) is 0 Å². The van der Waals surface area contributed by atoms with Crippen molar-refractivity contribution >= 4 is 5.97 Å². The third-order valence-electron chi connectivity index (χ3n) is 3.42. The molecular weight excluding hydrogens is 259 g/mol. The van der Waals surface area contributed by atoms with Gasteiger partial charge in [-0.25, -0.2) is 9.18 Å². The van der Waals surface area contributed by atoms with Crippen LogP contribution in [-0.4, -0.2) is 20.9 Å². The van der Waals surface area contributed by atoms with Crippen LogP contribution in [0.25, 0.3) is 0 Å². The Morgan fingerprint density at radius 3 is 2.60 bits per heavy atom. The largest absolute Gasteiger partial charge is 0.478 e. The molecule has 1 heterocycles. The van der Waals surface area contributed by atoms with Gasteiger partial charge in [-0.2, -0.15) is 5.10 Å². The number of aromatic carboxylic acids is 1. The zero-order chi connectivity index (χ0) is 14.9. The Bertz CT molecular complexity index is 662. The second-order valence-corrected chi connectivity index (χ2v) is 4.81. The molecule has 106 valence electrons. The van der Waals surface area contributed by atoms with Gasteiger partial charge in [-0.15, -0.1) is 0 Å². The first-order valence-corrected chi connectivity index (χ1v) is 6.48. The summed E-state index contributed by atoms with van der Waals surface area (Å²) in [6, 6.07) is 3.84. The van der Waals surface area contributed by atoms with Crippen LogP contribution in [-0.2, 0) is 13.0 Å². The van der Waals surface area contributed by atoms with Crippen LogP contribution in [0.5, 0.6) is 0 Å². The Kier molecular flexibility index (Phi) is 3.88. The highest BCUT2D eigenvalue weighted by molar-refractivity contribution is 5.87. The van der Waals surface area contributed by atoms with Crippen molar-refractivity contribution in [2.45, 2.75) is 33.7 Å². The van der Waals surface area contributed by atoms with Crippen LogP contribution >= 0.6 is 0 Å². The molecule has 0 amide bonds. The van der Waals surface area contributed by atoms with E-state index in [1.54, 1.807) is 4.68 Å². The molecule has 0 spiro atoms. The van der Waals surface area contributed by atoms with Crippen LogP contribution in [0, 0.1) is 19.7 Å². The summed E-state index contributed by atoms with van der Waals surface area (Å²) in [7, 11) is 0. The lowest BCUT2D eigenvalue weighted by atomic mass is 10.1. The van der Waals surface area contributed by atoms with Crippen molar-refractivity contribution in [2.24, 2.45) is 0 Å². The Hall–Kier alpha value is -2.17. The quantitative estimate of drug-likeness (QED) is 0.934. The average molecular weight is 276 g/mol. The van der Waals surface area contributed by atoms with E-state index < -0.39 is 11.8 Å². The Labute approximate surface area is 116 Å². The van der Waals surface area contributed by atoms with Crippen LogP contribution < -0.4 is 0 Å². The molecule has 0 unspecified atom stereocenters. The van der Waals surface area contributed by atoms with Crippen LogP contribution in [0.3, 0.4) is 0 Å². The normalized spacial score (nSPS) is 10.8. The number of hydrogen-bond donors (Lipinski definition) is 1. The van der Waals surface area contributed by atoms with Crippen LogP contribution in [0.1, 0.15) is 39.8 Å². The van der Waals surface area contributed by atoms with Crippen molar-refractivity contribution in [1.82, 2.24) is 9.78 Å². The van der Waals surface area contributed by atoms with E-state index in [-0.39, 0.29) is 5.56 Å². The number of aromatic nitrogens is 2. The molecule has 0 aliphatic carbocycles. The molecule has 0 atom stereocenters. The summed E-state index contributed by atoms with van der Waals surface area (Å²) in [5, 5.41) is 13.4. The van der Waals surface area contributed by atoms with Crippen molar-refractivity contribution in [3.05, 3.63) is 52.1 Å². The zero-order valence-corrected chi connectivity index (χ0v) is 11.8. The molecule has 1 aromatic heterocycles. The lowest BCUT2D eigenvalue weighted by Gasteiger charge is -2.07. The molecule has 0 saturated heterocycles. The van der Waals surface area contributed by atoms with E-state index in [1.807, 2.05) is 13.8 Å². The molecule has 1 N–H and O–H groups in total. The van der Waals surface area contributed by atoms with E-state index in [9.17, 15) is 9.18 Å². The third kappa shape index (κ3) is 2.71. The molecule has 4 nitrogen and oxygen atoms in total. The molecule has 20 heavy (non-hydrogen) atoms. The lowest BCUT2D eigenvalue weighted by Crippen LogP contribution is -2.06. The van der Waals surface area contributed by atoms with E-state index in [0.717, 1.165) is 23.9 Å². The summed E-state index contributed by atoms with van der Waals surface area (Å²) >= 11 is 0. The molecule has 0 radical (unpaired) electrons. The van der Waals surface area contributed by atoms with Gasteiger partial charge in [0.15, 0.2) is 0 Å². The van der Waals surface area contributed by atoms with Gasteiger partial charge >= 0.3 is 5.97 Å². The van der Waals surface area contributed by atoms with E-state index in [2.05, 4.69) is 12.0 Å². The predicted molar refractivity (Wildman–Crippen MR) is 73.5 cm³/mol. The van der Waals surface area contributed by atoms with E-state index in [0.29, 0.717) is 12.1 Å². The number of carbonyl (C=O) groups is 1. The standard InChI is InChI=1S/C15H17FN2O2/c1-4-14-9(2)17-18(10(14)3)8-11-5-12(15(19)20)7-13(16)6-11/h5-7H,4,8H2,1-3H3,(H,19,20). The Balaban J connectivity index is 2.37. The minimum absolute atomic E-state index is 0.0442. The number of halogens is 1. The highest BCUT2D eigenvalue weighted by atomic mass is 19.1. The fraction of sp³-hybridized carbons (Fsp3) is 0.333. The molecule has 5 heteroatoms. The number of rotatable bonds is 4. The monoisotopic (exact) mass is 276 g/mol. The first kappa shape index (κ1) is 14.2. The average Bonchev–Trinajstić information content (AvgIpc) is 2.63.